The summed E-state index contributed by atoms with van der Waals surface area (Å²) in [5.74, 6) is 5.60. The van der Waals surface area contributed by atoms with Crippen LogP contribution in [0.15, 0.2) is 72.9 Å². The maximum atomic E-state index is 12.6. The predicted octanol–water partition coefficient (Wildman–Crippen LogP) is 12.2. The van der Waals surface area contributed by atoms with E-state index >= 15 is 0 Å². The number of fused-ring (bicyclic) bond motifs is 5. The molecule has 8 atom stereocenters. The Morgan fingerprint density at radius 2 is 1.17 bits per heavy atom. The molecule has 4 heteroatoms. The van der Waals surface area contributed by atoms with Gasteiger partial charge in [-0.05, 0) is 149 Å². The Morgan fingerprint density at radius 1 is 0.615 bits per heavy atom. The van der Waals surface area contributed by atoms with Crippen molar-refractivity contribution in [2.75, 3.05) is 13.1 Å². The number of nitrogens with one attached hydrogen (secondary N) is 2. The van der Waals surface area contributed by atoms with Crippen molar-refractivity contribution >= 4 is 11.8 Å². The van der Waals surface area contributed by atoms with Crippen LogP contribution in [0, 0.1) is 46.3 Å². The molecule has 2 N–H and O–H groups in total. The van der Waals surface area contributed by atoms with E-state index in [0.717, 1.165) is 86.9 Å². The molecule has 290 valence electrons. The molecule has 0 spiro atoms. The number of carbonyl (C=O) groups is 2. The Morgan fingerprint density at radius 3 is 1.79 bits per heavy atom. The second-order valence-corrected chi connectivity index (χ2v) is 17.3. The highest BCUT2D eigenvalue weighted by Gasteiger charge is 2.60. The molecule has 4 aliphatic carbocycles. The fourth-order valence-electron chi connectivity index (χ4n) is 11.3. The first-order valence-electron chi connectivity index (χ1n) is 21.7. The van der Waals surface area contributed by atoms with Crippen LogP contribution in [0.2, 0.25) is 0 Å². The first-order valence-corrected chi connectivity index (χ1v) is 21.7. The van der Waals surface area contributed by atoms with E-state index in [4.69, 9.17) is 0 Å². The smallest absolute Gasteiger partial charge is 0.220 e. The van der Waals surface area contributed by atoms with Crippen molar-refractivity contribution < 1.29 is 9.59 Å². The van der Waals surface area contributed by atoms with Crippen molar-refractivity contribution in [3.63, 3.8) is 0 Å². The van der Waals surface area contributed by atoms with Gasteiger partial charge in [-0.25, -0.2) is 0 Å². The highest BCUT2D eigenvalue weighted by atomic mass is 16.2. The molecule has 4 saturated carbocycles. The predicted molar refractivity (Wildman–Crippen MR) is 222 cm³/mol. The second kappa shape index (κ2) is 22.6. The SMILES string of the molecule is CC/C=C\C/C=C\C/C=C\C/C=C\C/C=C\C/C=C\CCC(=O)NCCNC(=O)CCCC1CCC2C3C[C@H](C)C4CCCCC4(C)[C@H]3CCC12C. The van der Waals surface area contributed by atoms with Gasteiger partial charge in [-0.2, -0.15) is 0 Å². The summed E-state index contributed by atoms with van der Waals surface area (Å²) in [6.45, 7) is 11.1. The highest BCUT2D eigenvalue weighted by Crippen LogP contribution is 2.68. The summed E-state index contributed by atoms with van der Waals surface area (Å²) in [4.78, 5) is 24.9. The summed E-state index contributed by atoms with van der Waals surface area (Å²) < 4.78 is 0. The van der Waals surface area contributed by atoms with Crippen LogP contribution in [0.5, 0.6) is 0 Å². The first-order chi connectivity index (χ1) is 25.3. The van der Waals surface area contributed by atoms with Crippen LogP contribution >= 0.6 is 0 Å². The zero-order valence-corrected chi connectivity index (χ0v) is 33.8. The van der Waals surface area contributed by atoms with Gasteiger partial charge >= 0.3 is 0 Å². The number of amides is 2. The maximum Gasteiger partial charge on any atom is 0.220 e. The lowest BCUT2D eigenvalue weighted by Gasteiger charge is -2.62. The van der Waals surface area contributed by atoms with Gasteiger partial charge in [-0.3, -0.25) is 9.59 Å². The second-order valence-electron chi connectivity index (χ2n) is 17.3. The Labute approximate surface area is 319 Å². The van der Waals surface area contributed by atoms with Crippen LogP contribution in [-0.4, -0.2) is 24.9 Å². The molecular weight excluding hydrogens is 637 g/mol. The van der Waals surface area contributed by atoms with Gasteiger partial charge in [0.05, 0.1) is 0 Å². The zero-order chi connectivity index (χ0) is 37.1. The lowest BCUT2D eigenvalue weighted by Crippen LogP contribution is -2.55. The fraction of sp³-hybridized carbons (Fsp3) is 0.708. The van der Waals surface area contributed by atoms with Gasteiger partial charge < -0.3 is 10.6 Å². The third-order valence-electron chi connectivity index (χ3n) is 14.0. The minimum atomic E-state index is 0.0490. The molecule has 6 unspecified atom stereocenters. The lowest BCUT2D eigenvalue weighted by molar-refractivity contribution is -0.132. The van der Waals surface area contributed by atoms with E-state index in [-0.39, 0.29) is 11.8 Å². The van der Waals surface area contributed by atoms with Crippen LogP contribution in [0.1, 0.15) is 156 Å². The van der Waals surface area contributed by atoms with Gasteiger partial charge in [0.2, 0.25) is 11.8 Å². The summed E-state index contributed by atoms with van der Waals surface area (Å²) in [5, 5.41) is 6.00. The third kappa shape index (κ3) is 12.5. The van der Waals surface area contributed by atoms with Crippen LogP contribution in [0.4, 0.5) is 0 Å². The summed E-state index contributed by atoms with van der Waals surface area (Å²) >= 11 is 0. The number of allylic oxidation sites excluding steroid dienone is 12. The van der Waals surface area contributed by atoms with Gasteiger partial charge in [-0.1, -0.05) is 113 Å². The highest BCUT2D eigenvalue weighted by molar-refractivity contribution is 5.77. The molecule has 0 radical (unpaired) electrons. The molecular formula is C48H76N2O2. The van der Waals surface area contributed by atoms with Gasteiger partial charge in [0.15, 0.2) is 0 Å². The van der Waals surface area contributed by atoms with Crippen LogP contribution in [-0.2, 0) is 9.59 Å². The summed E-state index contributed by atoms with van der Waals surface area (Å²) in [7, 11) is 0. The molecule has 0 saturated heterocycles. The molecule has 52 heavy (non-hydrogen) atoms. The molecule has 0 aromatic heterocycles. The Balaban J connectivity index is 0.987. The van der Waals surface area contributed by atoms with Crippen LogP contribution in [0.25, 0.3) is 0 Å². The van der Waals surface area contributed by atoms with E-state index in [2.05, 4.69) is 111 Å². The maximum absolute atomic E-state index is 12.6. The molecule has 4 fully saturated rings. The Bertz CT molecular complexity index is 1260. The Hall–Kier alpha value is -2.62. The topological polar surface area (TPSA) is 58.2 Å². The van der Waals surface area contributed by atoms with E-state index in [1.807, 2.05) is 0 Å². The van der Waals surface area contributed by atoms with Crippen LogP contribution < -0.4 is 10.6 Å². The molecule has 0 aliphatic heterocycles. The van der Waals surface area contributed by atoms with Gasteiger partial charge in [0.25, 0.3) is 0 Å². The quantitative estimate of drug-likeness (QED) is 0.0919. The zero-order valence-electron chi connectivity index (χ0n) is 33.8. The van der Waals surface area contributed by atoms with Crippen molar-refractivity contribution in [2.24, 2.45) is 46.3 Å². The number of hydrogen-bond donors (Lipinski definition) is 2. The van der Waals surface area contributed by atoms with Crippen molar-refractivity contribution in [3.05, 3.63) is 72.9 Å². The molecule has 0 heterocycles. The van der Waals surface area contributed by atoms with Crippen molar-refractivity contribution in [2.45, 2.75) is 156 Å². The standard InChI is InChI=1S/C48H76N2O2/c1-5-6-7-8-9-10-11-12-13-14-15-16-17-18-19-20-21-22-23-29-45(51)49-36-37-50-46(52)30-26-27-40-31-32-43-41-38-39(2)42-28-24-25-34-48(42,4)44(41)33-35-47(40,43)3/h6-7,9-10,12-13,15-16,18-19,21-22,39-44H,5,8,11,14,17,20,23-38H2,1-4H3,(H,49,51)(H,50,52)/b7-6-,10-9-,13-12-,16-15-,19-18-,22-21-/t39-,40?,41?,42?,43?,44-,47?,48?/m0/s1. The van der Waals surface area contributed by atoms with E-state index in [1.54, 1.807) is 0 Å². The molecule has 4 aliphatic rings. The number of rotatable bonds is 21. The van der Waals surface area contributed by atoms with Gasteiger partial charge in [0, 0.05) is 25.9 Å². The lowest BCUT2D eigenvalue weighted by atomic mass is 9.43. The van der Waals surface area contributed by atoms with Gasteiger partial charge in [0.1, 0.15) is 0 Å². The average Bonchev–Trinajstić information content (AvgIpc) is 3.47. The molecule has 2 amide bonds. The largest absolute Gasteiger partial charge is 0.354 e. The summed E-state index contributed by atoms with van der Waals surface area (Å²) in [5.41, 5.74) is 1.07. The van der Waals surface area contributed by atoms with E-state index in [1.165, 1.54) is 64.2 Å². The molecule has 0 aromatic carbocycles. The molecule has 4 rings (SSSR count). The fourth-order valence-corrected chi connectivity index (χ4v) is 11.3. The normalized spacial score (nSPS) is 32.0. The van der Waals surface area contributed by atoms with Crippen LogP contribution in [0.3, 0.4) is 0 Å². The molecule has 0 aromatic rings. The number of hydrogen-bond acceptors (Lipinski definition) is 2. The minimum Gasteiger partial charge on any atom is -0.354 e. The molecule has 4 nitrogen and oxygen atoms in total. The summed E-state index contributed by atoms with van der Waals surface area (Å²) in [6.07, 6.45) is 49.2. The monoisotopic (exact) mass is 713 g/mol. The number of carbonyl (C=O) groups excluding carboxylic acids is 2. The molecule has 0 bridgehead atoms. The minimum absolute atomic E-state index is 0.0490. The third-order valence-corrected chi connectivity index (χ3v) is 14.0. The van der Waals surface area contributed by atoms with Crippen molar-refractivity contribution in [1.29, 1.82) is 0 Å². The van der Waals surface area contributed by atoms with E-state index in [9.17, 15) is 9.59 Å². The van der Waals surface area contributed by atoms with Crippen molar-refractivity contribution in [3.8, 4) is 0 Å². The van der Waals surface area contributed by atoms with E-state index in [0.29, 0.717) is 36.8 Å². The first kappa shape index (κ1) is 42.1. The summed E-state index contributed by atoms with van der Waals surface area (Å²) in [6, 6.07) is 0. The average molecular weight is 713 g/mol. The van der Waals surface area contributed by atoms with Crippen molar-refractivity contribution in [1.82, 2.24) is 10.6 Å². The Kier molecular flexibility index (Phi) is 18.3. The van der Waals surface area contributed by atoms with E-state index < -0.39 is 0 Å². The van der Waals surface area contributed by atoms with Gasteiger partial charge in [-0.15, -0.1) is 0 Å².